The van der Waals surface area contributed by atoms with Gasteiger partial charge in [-0.25, -0.2) is 9.97 Å². The third-order valence-electron chi connectivity index (χ3n) is 3.53. The number of nitrogen functional groups attached to an aromatic ring is 1. The highest BCUT2D eigenvalue weighted by atomic mass is 79.9. The molecule has 1 aliphatic carbocycles. The van der Waals surface area contributed by atoms with Gasteiger partial charge in [-0.05, 0) is 35.7 Å². The number of aryl methyl sites for hydroxylation is 1. The summed E-state index contributed by atoms with van der Waals surface area (Å²) in [5, 5.41) is 0. The summed E-state index contributed by atoms with van der Waals surface area (Å²) in [6.45, 7) is 1.98. The number of hydrogen-bond acceptors (Lipinski definition) is 3. The molecule has 94 valence electrons. The number of halogens is 1. The molecule has 0 unspecified atom stereocenters. The number of rotatable bonds is 1. The Morgan fingerprint density at radius 3 is 2.24 bits per heavy atom. The van der Waals surface area contributed by atoms with E-state index in [-0.39, 0.29) is 0 Å². The summed E-state index contributed by atoms with van der Waals surface area (Å²) in [7, 11) is 0. The standard InChI is InChI=1S/C13H20BrN3/c1-9-11(14)12(15)17-13(16-9)10-7-5-3-2-4-6-8-10/h10H,2-8H2,1H3,(H2,15,16,17). The molecule has 0 amide bonds. The van der Waals surface area contributed by atoms with Crippen molar-refractivity contribution in [1.29, 1.82) is 0 Å². The fourth-order valence-electron chi connectivity index (χ4n) is 2.50. The molecule has 1 heterocycles. The van der Waals surface area contributed by atoms with E-state index < -0.39 is 0 Å². The first-order valence-corrected chi connectivity index (χ1v) is 7.27. The lowest BCUT2D eigenvalue weighted by atomic mass is 9.90. The predicted octanol–water partition coefficient (Wildman–Crippen LogP) is 3.96. The maximum absolute atomic E-state index is 5.90. The molecular weight excluding hydrogens is 278 g/mol. The third-order valence-corrected chi connectivity index (χ3v) is 4.51. The Hall–Kier alpha value is -0.640. The lowest BCUT2D eigenvalue weighted by molar-refractivity contribution is 0.442. The Morgan fingerprint density at radius 2 is 1.65 bits per heavy atom. The topological polar surface area (TPSA) is 51.8 Å². The maximum atomic E-state index is 5.90. The highest BCUT2D eigenvalue weighted by molar-refractivity contribution is 9.10. The Labute approximate surface area is 111 Å². The zero-order valence-corrected chi connectivity index (χ0v) is 12.0. The number of nitrogens with zero attached hydrogens (tertiary/aromatic N) is 2. The highest BCUT2D eigenvalue weighted by Crippen LogP contribution is 2.31. The van der Waals surface area contributed by atoms with Gasteiger partial charge in [0.15, 0.2) is 0 Å². The second kappa shape index (κ2) is 5.80. The Bertz CT molecular complexity index is 361. The molecule has 2 rings (SSSR count). The molecule has 17 heavy (non-hydrogen) atoms. The summed E-state index contributed by atoms with van der Waals surface area (Å²) in [5.41, 5.74) is 6.85. The van der Waals surface area contributed by atoms with Crippen molar-refractivity contribution in [2.45, 2.75) is 57.8 Å². The molecule has 0 radical (unpaired) electrons. The molecule has 0 aromatic carbocycles. The van der Waals surface area contributed by atoms with Gasteiger partial charge in [-0.1, -0.05) is 32.1 Å². The van der Waals surface area contributed by atoms with Crippen LogP contribution in [0.2, 0.25) is 0 Å². The van der Waals surface area contributed by atoms with Crippen LogP contribution < -0.4 is 5.73 Å². The van der Waals surface area contributed by atoms with Gasteiger partial charge in [-0.3, -0.25) is 0 Å². The van der Waals surface area contributed by atoms with E-state index in [1.165, 1.54) is 44.9 Å². The molecular formula is C13H20BrN3. The van der Waals surface area contributed by atoms with E-state index in [1.807, 2.05) is 6.92 Å². The quantitative estimate of drug-likeness (QED) is 0.854. The minimum Gasteiger partial charge on any atom is -0.383 e. The van der Waals surface area contributed by atoms with Gasteiger partial charge in [0, 0.05) is 5.92 Å². The second-order valence-corrected chi connectivity index (χ2v) is 5.70. The maximum Gasteiger partial charge on any atom is 0.141 e. The van der Waals surface area contributed by atoms with Gasteiger partial charge in [0.25, 0.3) is 0 Å². The first-order valence-electron chi connectivity index (χ1n) is 6.48. The van der Waals surface area contributed by atoms with Crippen molar-refractivity contribution in [2.24, 2.45) is 0 Å². The average Bonchev–Trinajstić information content (AvgIpc) is 2.25. The van der Waals surface area contributed by atoms with Crippen molar-refractivity contribution in [1.82, 2.24) is 9.97 Å². The normalized spacial score (nSPS) is 18.7. The van der Waals surface area contributed by atoms with E-state index in [4.69, 9.17) is 5.73 Å². The largest absolute Gasteiger partial charge is 0.383 e. The molecule has 1 aromatic rings. The number of nitrogens with two attached hydrogens (primary N) is 1. The summed E-state index contributed by atoms with van der Waals surface area (Å²) in [5.74, 6) is 2.03. The Kier molecular flexibility index (Phi) is 4.37. The van der Waals surface area contributed by atoms with Crippen LogP contribution in [0.5, 0.6) is 0 Å². The summed E-state index contributed by atoms with van der Waals surface area (Å²) >= 11 is 3.42. The van der Waals surface area contributed by atoms with E-state index >= 15 is 0 Å². The van der Waals surface area contributed by atoms with Gasteiger partial charge in [0.2, 0.25) is 0 Å². The Balaban J connectivity index is 2.19. The van der Waals surface area contributed by atoms with Crippen molar-refractivity contribution in [3.8, 4) is 0 Å². The van der Waals surface area contributed by atoms with Crippen LogP contribution in [0.4, 0.5) is 5.82 Å². The zero-order chi connectivity index (χ0) is 12.3. The van der Waals surface area contributed by atoms with Gasteiger partial charge in [-0.2, -0.15) is 0 Å². The monoisotopic (exact) mass is 297 g/mol. The van der Waals surface area contributed by atoms with Crippen molar-refractivity contribution in [3.05, 3.63) is 16.0 Å². The van der Waals surface area contributed by atoms with E-state index in [2.05, 4.69) is 25.9 Å². The average molecular weight is 298 g/mol. The van der Waals surface area contributed by atoms with Crippen LogP contribution in [0, 0.1) is 6.92 Å². The van der Waals surface area contributed by atoms with E-state index in [9.17, 15) is 0 Å². The van der Waals surface area contributed by atoms with Crippen molar-refractivity contribution >= 4 is 21.7 Å². The minimum absolute atomic E-state index is 0.504. The molecule has 0 aliphatic heterocycles. The summed E-state index contributed by atoms with van der Waals surface area (Å²) < 4.78 is 0.840. The lowest BCUT2D eigenvalue weighted by Gasteiger charge is -2.19. The van der Waals surface area contributed by atoms with Crippen LogP contribution in [0.1, 0.15) is 62.4 Å². The fourth-order valence-corrected chi connectivity index (χ4v) is 2.68. The van der Waals surface area contributed by atoms with Gasteiger partial charge in [-0.15, -0.1) is 0 Å². The molecule has 1 aromatic heterocycles. The van der Waals surface area contributed by atoms with Crippen LogP contribution in [0.15, 0.2) is 4.47 Å². The smallest absolute Gasteiger partial charge is 0.141 e. The second-order valence-electron chi connectivity index (χ2n) is 4.91. The van der Waals surface area contributed by atoms with Gasteiger partial charge >= 0.3 is 0 Å². The Morgan fingerprint density at radius 1 is 1.06 bits per heavy atom. The fraction of sp³-hybridized carbons (Fsp3) is 0.692. The summed E-state index contributed by atoms with van der Waals surface area (Å²) in [4.78, 5) is 9.04. The lowest BCUT2D eigenvalue weighted by Crippen LogP contribution is -2.10. The first-order chi connectivity index (χ1) is 8.18. The van der Waals surface area contributed by atoms with Crippen LogP contribution >= 0.6 is 15.9 Å². The molecule has 0 spiro atoms. The molecule has 1 aliphatic rings. The zero-order valence-electron chi connectivity index (χ0n) is 10.4. The van der Waals surface area contributed by atoms with Crippen LogP contribution in [-0.2, 0) is 0 Å². The van der Waals surface area contributed by atoms with E-state index in [1.54, 1.807) is 0 Å². The van der Waals surface area contributed by atoms with Gasteiger partial charge in [0.1, 0.15) is 11.6 Å². The van der Waals surface area contributed by atoms with Gasteiger partial charge < -0.3 is 5.73 Å². The molecule has 0 atom stereocenters. The van der Waals surface area contributed by atoms with Crippen LogP contribution in [0.25, 0.3) is 0 Å². The molecule has 4 heteroatoms. The summed E-state index contributed by atoms with van der Waals surface area (Å²) in [6, 6.07) is 0. The predicted molar refractivity (Wildman–Crippen MR) is 73.9 cm³/mol. The number of anilines is 1. The first kappa shape index (κ1) is 12.8. The summed E-state index contributed by atoms with van der Waals surface area (Å²) in [6.07, 6.45) is 9.09. The van der Waals surface area contributed by atoms with Crippen molar-refractivity contribution < 1.29 is 0 Å². The molecule has 3 nitrogen and oxygen atoms in total. The molecule has 1 saturated carbocycles. The molecule has 2 N–H and O–H groups in total. The number of hydrogen-bond donors (Lipinski definition) is 1. The highest BCUT2D eigenvalue weighted by Gasteiger charge is 2.18. The van der Waals surface area contributed by atoms with Crippen LogP contribution in [0.3, 0.4) is 0 Å². The van der Waals surface area contributed by atoms with Crippen molar-refractivity contribution in [3.63, 3.8) is 0 Å². The van der Waals surface area contributed by atoms with Crippen LogP contribution in [-0.4, -0.2) is 9.97 Å². The SMILES string of the molecule is Cc1nc(C2CCCCCCC2)nc(N)c1Br. The van der Waals surface area contributed by atoms with Gasteiger partial charge in [0.05, 0.1) is 10.2 Å². The molecule has 1 fully saturated rings. The van der Waals surface area contributed by atoms with E-state index in [0.29, 0.717) is 11.7 Å². The molecule has 0 bridgehead atoms. The third kappa shape index (κ3) is 3.18. The van der Waals surface area contributed by atoms with E-state index in [0.717, 1.165) is 16.0 Å². The minimum atomic E-state index is 0.504. The number of aromatic nitrogens is 2. The van der Waals surface area contributed by atoms with Crippen molar-refractivity contribution in [2.75, 3.05) is 5.73 Å². The molecule has 0 saturated heterocycles.